The maximum atomic E-state index is 13.3. The molecule has 1 aliphatic rings. The van der Waals surface area contributed by atoms with E-state index >= 15 is 0 Å². The molecular weight excluding hydrogens is 395 g/mol. The van der Waals surface area contributed by atoms with Crippen LogP contribution < -0.4 is 0 Å². The average molecular weight is 409 g/mol. The van der Waals surface area contributed by atoms with E-state index in [1.54, 1.807) is 12.1 Å². The van der Waals surface area contributed by atoms with Gasteiger partial charge >= 0.3 is 6.18 Å². The number of aromatic nitrogens is 7. The molecule has 12 heteroatoms. The van der Waals surface area contributed by atoms with E-state index in [0.29, 0.717) is 23.9 Å². The van der Waals surface area contributed by atoms with Crippen LogP contribution in [-0.4, -0.2) is 47.9 Å². The highest BCUT2D eigenvalue weighted by atomic mass is 32.2. The fourth-order valence-electron chi connectivity index (χ4n) is 2.71. The lowest BCUT2D eigenvalue weighted by Crippen LogP contribution is -2.17. The molecular formula is C16H14F3N7OS. The average Bonchev–Trinajstić information content (AvgIpc) is 3.34. The molecule has 1 fully saturated rings. The van der Waals surface area contributed by atoms with Gasteiger partial charge in [0.2, 0.25) is 5.16 Å². The topological polar surface area (TPSA) is 91.5 Å². The van der Waals surface area contributed by atoms with Crippen molar-refractivity contribution in [1.82, 2.24) is 35.2 Å². The van der Waals surface area contributed by atoms with Gasteiger partial charge in [-0.15, -0.1) is 5.10 Å². The van der Waals surface area contributed by atoms with Crippen molar-refractivity contribution < 1.29 is 17.9 Å². The van der Waals surface area contributed by atoms with Gasteiger partial charge in [0, 0.05) is 30.6 Å². The van der Waals surface area contributed by atoms with Crippen LogP contribution >= 0.6 is 11.8 Å². The minimum atomic E-state index is -4.61. The highest BCUT2D eigenvalue weighted by Crippen LogP contribution is 2.33. The van der Waals surface area contributed by atoms with E-state index in [2.05, 4.69) is 30.5 Å². The molecule has 146 valence electrons. The lowest BCUT2D eigenvalue weighted by molar-refractivity contribution is -0.141. The number of halogens is 3. The molecule has 0 bridgehead atoms. The summed E-state index contributed by atoms with van der Waals surface area (Å²) in [6.07, 6.45) is 0.171. The maximum absolute atomic E-state index is 13.3. The van der Waals surface area contributed by atoms with Gasteiger partial charge in [-0.3, -0.25) is 4.98 Å². The summed E-state index contributed by atoms with van der Waals surface area (Å²) in [6, 6.07) is 3.98. The van der Waals surface area contributed by atoms with E-state index in [9.17, 15) is 13.2 Å². The lowest BCUT2D eigenvalue weighted by Gasteiger charge is -2.11. The second-order valence-corrected chi connectivity index (χ2v) is 7.02. The Balaban J connectivity index is 1.65. The van der Waals surface area contributed by atoms with Crippen molar-refractivity contribution in [1.29, 1.82) is 0 Å². The fraction of sp³-hybridized carbons (Fsp3) is 0.375. The number of hydrogen-bond donors (Lipinski definition) is 0. The van der Waals surface area contributed by atoms with Crippen LogP contribution in [0.3, 0.4) is 0 Å². The number of ether oxygens (including phenoxy) is 1. The van der Waals surface area contributed by atoms with Gasteiger partial charge < -0.3 is 4.74 Å². The summed E-state index contributed by atoms with van der Waals surface area (Å²) in [5, 5.41) is 11.9. The third-order valence-corrected chi connectivity index (χ3v) is 4.92. The van der Waals surface area contributed by atoms with E-state index in [1.165, 1.54) is 17.1 Å². The molecule has 0 saturated carbocycles. The van der Waals surface area contributed by atoms with Crippen LogP contribution in [0.5, 0.6) is 0 Å². The van der Waals surface area contributed by atoms with E-state index in [4.69, 9.17) is 4.74 Å². The number of alkyl halides is 3. The molecule has 4 rings (SSSR count). The molecule has 3 aromatic rings. The highest BCUT2D eigenvalue weighted by molar-refractivity contribution is 7.99. The number of tetrazole rings is 1. The van der Waals surface area contributed by atoms with Crippen LogP contribution in [0.1, 0.15) is 18.5 Å². The summed E-state index contributed by atoms with van der Waals surface area (Å²) in [5.41, 5.74) is -0.600. The maximum Gasteiger partial charge on any atom is 0.433 e. The van der Waals surface area contributed by atoms with Crippen molar-refractivity contribution in [2.75, 3.05) is 6.61 Å². The van der Waals surface area contributed by atoms with Gasteiger partial charge in [-0.05, 0) is 47.2 Å². The van der Waals surface area contributed by atoms with Crippen molar-refractivity contribution in [3.63, 3.8) is 0 Å². The SMILES string of the molecule is FC(F)(F)c1cc(Sc2nnnn2CC2CCCO2)nc(-c2ccncc2)n1. The standard InChI is InChI=1S/C16H14F3N7OS/c17-16(18,19)12-8-13(22-14(21-12)10-3-5-20-6-4-10)28-15-23-24-25-26(15)9-11-2-1-7-27-11/h3-6,8,11H,1-2,7,9H2. The number of nitrogens with zero attached hydrogens (tertiary/aromatic N) is 7. The predicted octanol–water partition coefficient (Wildman–Crippen LogP) is 2.87. The number of pyridine rings is 1. The van der Waals surface area contributed by atoms with Crippen molar-refractivity contribution in [3.05, 3.63) is 36.3 Å². The van der Waals surface area contributed by atoms with Crippen molar-refractivity contribution >= 4 is 11.8 Å². The minimum Gasteiger partial charge on any atom is -0.376 e. The molecule has 8 nitrogen and oxygen atoms in total. The first-order chi connectivity index (χ1) is 13.5. The van der Waals surface area contributed by atoms with Crippen molar-refractivity contribution in [3.8, 4) is 11.4 Å². The third kappa shape index (κ3) is 4.28. The first-order valence-electron chi connectivity index (χ1n) is 8.41. The highest BCUT2D eigenvalue weighted by Gasteiger charge is 2.34. The van der Waals surface area contributed by atoms with Crippen LogP contribution in [0.25, 0.3) is 11.4 Å². The Bertz CT molecular complexity index is 945. The van der Waals surface area contributed by atoms with E-state index in [1.807, 2.05) is 0 Å². The van der Waals surface area contributed by atoms with Gasteiger partial charge in [0.25, 0.3) is 0 Å². The second-order valence-electron chi connectivity index (χ2n) is 6.03. The summed E-state index contributed by atoms with van der Waals surface area (Å²) in [7, 11) is 0. The fourth-order valence-corrected chi connectivity index (χ4v) is 3.49. The Labute approximate surface area is 161 Å². The van der Waals surface area contributed by atoms with Crippen LogP contribution in [0.2, 0.25) is 0 Å². The van der Waals surface area contributed by atoms with Gasteiger partial charge in [-0.1, -0.05) is 0 Å². The summed E-state index contributed by atoms with van der Waals surface area (Å²) < 4.78 is 47.0. The molecule has 1 atom stereocenters. The largest absolute Gasteiger partial charge is 0.433 e. The zero-order valence-corrected chi connectivity index (χ0v) is 15.2. The summed E-state index contributed by atoms with van der Waals surface area (Å²) >= 11 is 0.948. The molecule has 0 aromatic carbocycles. The second kappa shape index (κ2) is 7.80. The first-order valence-corrected chi connectivity index (χ1v) is 9.23. The summed E-state index contributed by atoms with van der Waals surface area (Å²) in [5.74, 6) is -0.0436. The molecule has 0 aliphatic carbocycles. The summed E-state index contributed by atoms with van der Waals surface area (Å²) in [4.78, 5) is 11.8. The monoisotopic (exact) mass is 409 g/mol. The molecule has 1 aliphatic heterocycles. The molecule has 4 heterocycles. The Morgan fingerprint density at radius 3 is 2.75 bits per heavy atom. The number of rotatable bonds is 5. The summed E-state index contributed by atoms with van der Waals surface area (Å²) in [6.45, 7) is 1.12. The zero-order valence-electron chi connectivity index (χ0n) is 14.4. The zero-order chi connectivity index (χ0) is 19.6. The Morgan fingerprint density at radius 1 is 1.21 bits per heavy atom. The van der Waals surface area contributed by atoms with Crippen LogP contribution in [0.15, 0.2) is 40.8 Å². The molecule has 0 amide bonds. The Hall–Kier alpha value is -2.60. The van der Waals surface area contributed by atoms with Crippen molar-refractivity contribution in [2.45, 2.75) is 41.8 Å². The van der Waals surface area contributed by atoms with Gasteiger partial charge in [0.05, 0.1) is 12.6 Å². The van der Waals surface area contributed by atoms with Crippen LogP contribution in [0, 0.1) is 0 Å². The molecule has 0 spiro atoms. The van der Waals surface area contributed by atoms with Gasteiger partial charge in [-0.2, -0.15) is 13.2 Å². The van der Waals surface area contributed by atoms with E-state index < -0.39 is 11.9 Å². The van der Waals surface area contributed by atoms with Gasteiger partial charge in [0.15, 0.2) is 5.82 Å². The minimum absolute atomic E-state index is 0.00800. The van der Waals surface area contributed by atoms with Crippen LogP contribution in [0.4, 0.5) is 13.2 Å². The molecule has 1 unspecified atom stereocenters. The van der Waals surface area contributed by atoms with Gasteiger partial charge in [0.1, 0.15) is 10.7 Å². The van der Waals surface area contributed by atoms with Gasteiger partial charge in [-0.25, -0.2) is 14.6 Å². The normalized spacial score (nSPS) is 17.2. The Kier molecular flexibility index (Phi) is 5.22. The van der Waals surface area contributed by atoms with E-state index in [-0.39, 0.29) is 17.0 Å². The quantitative estimate of drug-likeness (QED) is 0.594. The molecule has 28 heavy (non-hydrogen) atoms. The molecule has 0 radical (unpaired) electrons. The molecule has 1 saturated heterocycles. The predicted molar refractivity (Wildman–Crippen MR) is 91.2 cm³/mol. The smallest absolute Gasteiger partial charge is 0.376 e. The van der Waals surface area contributed by atoms with Crippen molar-refractivity contribution in [2.24, 2.45) is 0 Å². The molecule has 0 N–H and O–H groups in total. The third-order valence-electron chi connectivity index (χ3n) is 4.03. The number of hydrogen-bond acceptors (Lipinski definition) is 8. The first kappa shape index (κ1) is 18.7. The Morgan fingerprint density at radius 2 is 2.04 bits per heavy atom. The molecule has 3 aromatic heterocycles. The van der Waals surface area contributed by atoms with E-state index in [0.717, 1.165) is 30.7 Å². The van der Waals surface area contributed by atoms with Crippen LogP contribution in [-0.2, 0) is 17.5 Å². The lowest BCUT2D eigenvalue weighted by atomic mass is 10.2.